The van der Waals surface area contributed by atoms with E-state index in [1.165, 1.54) is 39.9 Å². The number of amides is 1. The van der Waals surface area contributed by atoms with Gasteiger partial charge in [0, 0.05) is 13.1 Å². The lowest BCUT2D eigenvalue weighted by molar-refractivity contribution is 0.0296. The Labute approximate surface area is 143 Å². The zero-order chi connectivity index (χ0) is 17.8. The van der Waals surface area contributed by atoms with E-state index in [-0.39, 0.29) is 11.6 Å². The third-order valence-electron chi connectivity index (χ3n) is 3.76. The molecule has 0 unspecified atom stereocenters. The summed E-state index contributed by atoms with van der Waals surface area (Å²) in [5, 5.41) is 4.19. The van der Waals surface area contributed by atoms with Crippen molar-refractivity contribution in [2.75, 3.05) is 32.9 Å². The summed E-state index contributed by atoms with van der Waals surface area (Å²) in [6.07, 6.45) is 0. The fraction of sp³-hybridized carbons (Fsp3) is 0.353. The molecule has 1 aromatic heterocycles. The lowest BCUT2D eigenvalue weighted by Gasteiger charge is -2.26. The minimum Gasteiger partial charge on any atom is -0.478 e. The maximum atomic E-state index is 13.2. The molecule has 7 nitrogen and oxygen atoms in total. The summed E-state index contributed by atoms with van der Waals surface area (Å²) in [4.78, 5) is 26.5. The molecule has 3 rings (SSSR count). The third kappa shape index (κ3) is 3.69. The van der Waals surface area contributed by atoms with Crippen molar-refractivity contribution in [3.8, 4) is 11.6 Å². The van der Waals surface area contributed by atoms with Gasteiger partial charge in [0.25, 0.3) is 5.91 Å². The van der Waals surface area contributed by atoms with Gasteiger partial charge in [-0.3, -0.25) is 9.59 Å². The molecule has 2 heterocycles. The first-order valence-electron chi connectivity index (χ1n) is 8.00. The molecule has 0 bridgehead atoms. The van der Waals surface area contributed by atoms with E-state index in [1.807, 2.05) is 0 Å². The van der Waals surface area contributed by atoms with E-state index < -0.39 is 17.2 Å². The number of carbonyl (C=O) groups excluding carboxylic acids is 1. The zero-order valence-corrected chi connectivity index (χ0v) is 13.8. The molecular weight excluding hydrogens is 329 g/mol. The molecule has 0 saturated carbocycles. The number of hydrogen-bond acceptors (Lipinski definition) is 5. The standard InChI is InChI=1S/C17H18FN3O4/c1-2-25-15-11-14(22)16(17(23)20-7-9-24-10-8-20)19-21(15)13-5-3-12(18)4-6-13/h3-6,11H,2,7-10H2,1H3. The summed E-state index contributed by atoms with van der Waals surface area (Å²) >= 11 is 0. The molecule has 0 N–H and O–H groups in total. The summed E-state index contributed by atoms with van der Waals surface area (Å²) in [5.74, 6) is -0.655. The normalized spacial score (nSPS) is 14.4. The summed E-state index contributed by atoms with van der Waals surface area (Å²) < 4.78 is 25.2. The van der Waals surface area contributed by atoms with Crippen LogP contribution < -0.4 is 10.2 Å². The number of aromatic nitrogens is 2. The van der Waals surface area contributed by atoms with E-state index in [1.54, 1.807) is 6.92 Å². The van der Waals surface area contributed by atoms with Gasteiger partial charge in [0.05, 0.1) is 31.6 Å². The van der Waals surface area contributed by atoms with Gasteiger partial charge in [-0.1, -0.05) is 0 Å². The average Bonchev–Trinajstić information content (AvgIpc) is 2.63. The van der Waals surface area contributed by atoms with E-state index in [4.69, 9.17) is 9.47 Å². The molecule has 8 heteroatoms. The van der Waals surface area contributed by atoms with Crippen LogP contribution in [0.25, 0.3) is 5.69 Å². The van der Waals surface area contributed by atoms with Crippen LogP contribution in [0.4, 0.5) is 4.39 Å². The smallest absolute Gasteiger partial charge is 0.278 e. The van der Waals surface area contributed by atoms with Gasteiger partial charge in [-0.15, -0.1) is 0 Å². The van der Waals surface area contributed by atoms with Crippen LogP contribution in [0.15, 0.2) is 35.1 Å². The second kappa shape index (κ2) is 7.43. The number of benzene rings is 1. The highest BCUT2D eigenvalue weighted by Gasteiger charge is 2.24. The Morgan fingerprint density at radius 3 is 2.60 bits per heavy atom. The molecule has 0 radical (unpaired) electrons. The summed E-state index contributed by atoms with van der Waals surface area (Å²) in [6, 6.07) is 6.77. The molecule has 0 atom stereocenters. The highest BCUT2D eigenvalue weighted by atomic mass is 19.1. The predicted molar refractivity (Wildman–Crippen MR) is 87.7 cm³/mol. The Kier molecular flexibility index (Phi) is 5.08. The first-order chi connectivity index (χ1) is 12.1. The molecule has 132 valence electrons. The summed E-state index contributed by atoms with van der Waals surface area (Å²) in [7, 11) is 0. The Balaban J connectivity index is 2.04. The van der Waals surface area contributed by atoms with Crippen LogP contribution in [0, 0.1) is 5.82 Å². The molecule has 1 amide bonds. The number of carbonyl (C=O) groups is 1. The maximum absolute atomic E-state index is 13.2. The first-order valence-corrected chi connectivity index (χ1v) is 8.00. The molecule has 1 aliphatic heterocycles. The number of hydrogen-bond donors (Lipinski definition) is 0. The van der Waals surface area contributed by atoms with E-state index in [0.29, 0.717) is 38.6 Å². The van der Waals surface area contributed by atoms with Crippen molar-refractivity contribution >= 4 is 5.91 Å². The molecule has 2 aromatic rings. The van der Waals surface area contributed by atoms with E-state index in [9.17, 15) is 14.0 Å². The van der Waals surface area contributed by atoms with Crippen LogP contribution >= 0.6 is 0 Å². The summed E-state index contributed by atoms with van der Waals surface area (Å²) in [5.41, 5.74) is -0.228. The van der Waals surface area contributed by atoms with Gasteiger partial charge in [0.1, 0.15) is 5.82 Å². The average molecular weight is 347 g/mol. The topological polar surface area (TPSA) is 73.7 Å². The molecular formula is C17H18FN3O4. The van der Waals surface area contributed by atoms with Crippen molar-refractivity contribution in [3.63, 3.8) is 0 Å². The molecule has 0 aliphatic carbocycles. The summed E-state index contributed by atoms with van der Waals surface area (Å²) in [6.45, 7) is 3.75. The molecule has 1 saturated heterocycles. The molecule has 1 aliphatic rings. The number of morpholine rings is 1. The monoisotopic (exact) mass is 347 g/mol. The van der Waals surface area contributed by atoms with Crippen LogP contribution in [0.1, 0.15) is 17.4 Å². The Bertz CT molecular complexity index is 814. The highest BCUT2D eigenvalue weighted by molar-refractivity contribution is 5.92. The van der Waals surface area contributed by atoms with Crippen LogP contribution in [0.3, 0.4) is 0 Å². The molecule has 0 spiro atoms. The number of nitrogens with zero attached hydrogens (tertiary/aromatic N) is 3. The minimum atomic E-state index is -0.515. The maximum Gasteiger partial charge on any atom is 0.278 e. The van der Waals surface area contributed by atoms with Gasteiger partial charge < -0.3 is 14.4 Å². The van der Waals surface area contributed by atoms with Gasteiger partial charge in [0.15, 0.2) is 5.69 Å². The molecule has 25 heavy (non-hydrogen) atoms. The Hall–Kier alpha value is -2.74. The predicted octanol–water partition coefficient (Wildman–Crippen LogP) is 1.24. The molecule has 1 fully saturated rings. The second-order valence-corrected chi connectivity index (χ2v) is 5.42. The fourth-order valence-electron chi connectivity index (χ4n) is 2.52. The van der Waals surface area contributed by atoms with Crippen molar-refractivity contribution in [1.29, 1.82) is 0 Å². The van der Waals surface area contributed by atoms with Gasteiger partial charge in [-0.25, -0.2) is 9.07 Å². The van der Waals surface area contributed by atoms with Crippen LogP contribution in [0.2, 0.25) is 0 Å². The largest absolute Gasteiger partial charge is 0.478 e. The fourth-order valence-corrected chi connectivity index (χ4v) is 2.52. The minimum absolute atomic E-state index is 0.192. The second-order valence-electron chi connectivity index (χ2n) is 5.42. The highest BCUT2D eigenvalue weighted by Crippen LogP contribution is 2.16. The van der Waals surface area contributed by atoms with Gasteiger partial charge in [-0.2, -0.15) is 5.10 Å². The Morgan fingerprint density at radius 1 is 1.28 bits per heavy atom. The molecule has 1 aromatic carbocycles. The van der Waals surface area contributed by atoms with Gasteiger partial charge in [-0.05, 0) is 31.2 Å². The third-order valence-corrected chi connectivity index (χ3v) is 3.76. The Morgan fingerprint density at radius 2 is 1.96 bits per heavy atom. The van der Waals surface area contributed by atoms with E-state index in [2.05, 4.69) is 5.10 Å². The van der Waals surface area contributed by atoms with Crippen LogP contribution in [-0.4, -0.2) is 53.5 Å². The van der Waals surface area contributed by atoms with Crippen molar-refractivity contribution in [1.82, 2.24) is 14.7 Å². The van der Waals surface area contributed by atoms with Crippen molar-refractivity contribution in [2.45, 2.75) is 6.92 Å². The quantitative estimate of drug-likeness (QED) is 0.832. The number of ether oxygens (including phenoxy) is 2. The lowest BCUT2D eigenvalue weighted by Crippen LogP contribution is -2.43. The van der Waals surface area contributed by atoms with Gasteiger partial charge in [0.2, 0.25) is 11.3 Å². The van der Waals surface area contributed by atoms with E-state index >= 15 is 0 Å². The van der Waals surface area contributed by atoms with Crippen LogP contribution in [0.5, 0.6) is 5.88 Å². The SMILES string of the molecule is CCOc1cc(=O)c(C(=O)N2CCOCC2)nn1-c1ccc(F)cc1. The van der Waals surface area contributed by atoms with Crippen molar-refractivity contribution < 1.29 is 18.7 Å². The van der Waals surface area contributed by atoms with Gasteiger partial charge >= 0.3 is 0 Å². The van der Waals surface area contributed by atoms with Crippen molar-refractivity contribution in [2.24, 2.45) is 0 Å². The van der Waals surface area contributed by atoms with Crippen LogP contribution in [-0.2, 0) is 4.74 Å². The van der Waals surface area contributed by atoms with E-state index in [0.717, 1.165) is 0 Å². The number of rotatable bonds is 4. The first kappa shape index (κ1) is 17.1. The lowest BCUT2D eigenvalue weighted by atomic mass is 10.3. The van der Waals surface area contributed by atoms with Crippen molar-refractivity contribution in [3.05, 3.63) is 52.1 Å². The number of halogens is 1. The zero-order valence-electron chi connectivity index (χ0n) is 13.8.